The van der Waals surface area contributed by atoms with E-state index in [1.54, 1.807) is 15.8 Å². The van der Waals surface area contributed by atoms with Gasteiger partial charge in [-0.05, 0) is 12.1 Å². The van der Waals surface area contributed by atoms with Crippen molar-refractivity contribution in [2.75, 3.05) is 13.1 Å². The second-order valence-electron chi connectivity index (χ2n) is 3.83. The van der Waals surface area contributed by atoms with Gasteiger partial charge in [0.2, 0.25) is 0 Å². The Kier molecular flexibility index (Phi) is 1.89. The Morgan fingerprint density at radius 2 is 2.33 bits per heavy atom. The molecule has 6 heteroatoms. The average Bonchev–Trinajstić information content (AvgIpc) is 2.84. The van der Waals surface area contributed by atoms with Gasteiger partial charge in [0.25, 0.3) is 0 Å². The normalized spacial score (nSPS) is 35.6. The number of aromatic nitrogens is 2. The maximum Gasteiger partial charge on any atom is 0.188 e. The third-order valence-electron chi connectivity index (χ3n) is 2.87. The van der Waals surface area contributed by atoms with Crippen LogP contribution in [0.2, 0.25) is 0 Å². The van der Waals surface area contributed by atoms with Crippen LogP contribution in [0.1, 0.15) is 0 Å². The van der Waals surface area contributed by atoms with Crippen molar-refractivity contribution in [3.05, 3.63) is 24.5 Å². The molecule has 2 aliphatic rings. The molecule has 0 aromatic carbocycles. The van der Waals surface area contributed by atoms with Gasteiger partial charge in [-0.2, -0.15) is 5.10 Å². The Hall–Kier alpha value is -1.21. The van der Waals surface area contributed by atoms with E-state index in [1.807, 2.05) is 18.3 Å². The van der Waals surface area contributed by atoms with Gasteiger partial charge in [0, 0.05) is 25.5 Å². The standard InChI is InChI=1S/C9H12N4O2/c14-9-11-5-7(12-3-1-2-10-12)4-8(6-11)13(9)15/h1-4,8-9,14-15H,5-6H2. The molecule has 0 saturated carbocycles. The quantitative estimate of drug-likeness (QED) is 0.644. The van der Waals surface area contributed by atoms with Gasteiger partial charge in [-0.25, -0.2) is 4.68 Å². The Bertz CT molecular complexity index is 389. The molecular formula is C9H12N4O2. The van der Waals surface area contributed by atoms with Gasteiger partial charge >= 0.3 is 0 Å². The summed E-state index contributed by atoms with van der Waals surface area (Å²) in [6, 6.07) is 1.70. The first kappa shape index (κ1) is 9.05. The minimum atomic E-state index is -0.903. The number of hydrogen-bond donors (Lipinski definition) is 2. The van der Waals surface area contributed by atoms with Crippen molar-refractivity contribution in [1.29, 1.82) is 0 Å². The van der Waals surface area contributed by atoms with Crippen LogP contribution in [-0.2, 0) is 0 Å². The molecule has 3 atom stereocenters. The molecule has 1 aromatic rings. The predicted molar refractivity (Wildman–Crippen MR) is 51.5 cm³/mol. The summed E-state index contributed by atoms with van der Waals surface area (Å²) in [5.74, 6) is 0. The van der Waals surface area contributed by atoms with Crippen LogP contribution in [0.25, 0.3) is 5.70 Å². The Morgan fingerprint density at radius 3 is 3.00 bits per heavy atom. The summed E-state index contributed by atoms with van der Waals surface area (Å²) < 4.78 is 1.76. The number of hydroxylamine groups is 2. The van der Waals surface area contributed by atoms with Gasteiger partial charge in [0.15, 0.2) is 6.35 Å². The van der Waals surface area contributed by atoms with E-state index in [4.69, 9.17) is 0 Å². The van der Waals surface area contributed by atoms with Gasteiger partial charge in [-0.3, -0.25) is 4.90 Å². The van der Waals surface area contributed by atoms with E-state index in [0.717, 1.165) is 10.8 Å². The molecule has 1 fully saturated rings. The van der Waals surface area contributed by atoms with Gasteiger partial charge in [-0.15, -0.1) is 5.06 Å². The monoisotopic (exact) mass is 208 g/mol. The molecule has 6 nitrogen and oxygen atoms in total. The minimum absolute atomic E-state index is 0.145. The second-order valence-corrected chi connectivity index (χ2v) is 3.83. The molecule has 2 bridgehead atoms. The van der Waals surface area contributed by atoms with Gasteiger partial charge in [0.1, 0.15) is 0 Å². The third kappa shape index (κ3) is 1.30. The Morgan fingerprint density at radius 1 is 1.47 bits per heavy atom. The van der Waals surface area contributed by atoms with Crippen LogP contribution in [-0.4, -0.2) is 55.5 Å². The van der Waals surface area contributed by atoms with E-state index < -0.39 is 6.35 Å². The first-order chi connectivity index (χ1) is 7.25. The summed E-state index contributed by atoms with van der Waals surface area (Å²) in [4.78, 5) is 1.79. The zero-order valence-electron chi connectivity index (χ0n) is 8.06. The van der Waals surface area contributed by atoms with Crippen molar-refractivity contribution in [2.24, 2.45) is 0 Å². The number of aliphatic hydroxyl groups excluding tert-OH is 1. The fourth-order valence-electron chi connectivity index (χ4n) is 2.10. The Labute approximate surface area is 86.6 Å². The molecule has 2 N–H and O–H groups in total. The zero-order valence-corrected chi connectivity index (χ0v) is 8.06. The first-order valence-electron chi connectivity index (χ1n) is 4.86. The van der Waals surface area contributed by atoms with E-state index in [-0.39, 0.29) is 6.04 Å². The fourth-order valence-corrected chi connectivity index (χ4v) is 2.10. The van der Waals surface area contributed by atoms with E-state index in [9.17, 15) is 10.3 Å². The van der Waals surface area contributed by atoms with E-state index >= 15 is 0 Å². The van der Waals surface area contributed by atoms with Crippen LogP contribution >= 0.6 is 0 Å². The minimum Gasteiger partial charge on any atom is -0.363 e. The lowest BCUT2D eigenvalue weighted by molar-refractivity contribution is -0.214. The molecular weight excluding hydrogens is 196 g/mol. The number of aliphatic hydroxyl groups is 1. The summed E-state index contributed by atoms with van der Waals surface area (Å²) >= 11 is 0. The molecule has 3 rings (SSSR count). The number of hydrogen-bond acceptors (Lipinski definition) is 5. The molecule has 15 heavy (non-hydrogen) atoms. The summed E-state index contributed by atoms with van der Waals surface area (Å²) in [5.41, 5.74) is 0.979. The molecule has 1 saturated heterocycles. The van der Waals surface area contributed by atoms with E-state index in [1.165, 1.54) is 0 Å². The van der Waals surface area contributed by atoms with Crippen LogP contribution in [0.15, 0.2) is 24.5 Å². The third-order valence-corrected chi connectivity index (χ3v) is 2.87. The van der Waals surface area contributed by atoms with Gasteiger partial charge in [0.05, 0.1) is 11.7 Å². The highest BCUT2D eigenvalue weighted by Gasteiger charge is 2.40. The molecule has 0 aliphatic carbocycles. The van der Waals surface area contributed by atoms with Crippen LogP contribution in [0.5, 0.6) is 0 Å². The van der Waals surface area contributed by atoms with Crippen molar-refractivity contribution in [1.82, 2.24) is 19.7 Å². The van der Waals surface area contributed by atoms with Crippen LogP contribution in [0.4, 0.5) is 0 Å². The summed E-state index contributed by atoms with van der Waals surface area (Å²) in [6.45, 7) is 1.25. The smallest absolute Gasteiger partial charge is 0.188 e. The van der Waals surface area contributed by atoms with Crippen LogP contribution in [0, 0.1) is 0 Å². The molecule has 3 unspecified atom stereocenters. The average molecular weight is 208 g/mol. The predicted octanol–water partition coefficient (Wildman–Crippen LogP) is -0.611. The fraction of sp³-hybridized carbons (Fsp3) is 0.444. The lowest BCUT2D eigenvalue weighted by Gasteiger charge is -2.22. The lowest BCUT2D eigenvalue weighted by atomic mass is 10.2. The van der Waals surface area contributed by atoms with Crippen molar-refractivity contribution in [3.8, 4) is 0 Å². The molecule has 0 spiro atoms. The highest BCUT2D eigenvalue weighted by atomic mass is 16.6. The van der Waals surface area contributed by atoms with E-state index in [0.29, 0.717) is 13.1 Å². The lowest BCUT2D eigenvalue weighted by Crippen LogP contribution is -2.37. The highest BCUT2D eigenvalue weighted by molar-refractivity contribution is 5.49. The summed E-state index contributed by atoms with van der Waals surface area (Å²) in [5, 5.41) is 24.3. The van der Waals surface area contributed by atoms with Crippen LogP contribution < -0.4 is 0 Å². The molecule has 1 aromatic heterocycles. The van der Waals surface area contributed by atoms with Crippen LogP contribution in [0.3, 0.4) is 0 Å². The van der Waals surface area contributed by atoms with Crippen molar-refractivity contribution in [3.63, 3.8) is 0 Å². The molecule has 3 heterocycles. The van der Waals surface area contributed by atoms with Crippen molar-refractivity contribution in [2.45, 2.75) is 12.4 Å². The van der Waals surface area contributed by atoms with Gasteiger partial charge in [-0.1, -0.05) is 0 Å². The second kappa shape index (κ2) is 3.14. The number of fused-ring (bicyclic) bond motifs is 2. The number of rotatable bonds is 1. The highest BCUT2D eigenvalue weighted by Crippen LogP contribution is 2.26. The van der Waals surface area contributed by atoms with Gasteiger partial charge < -0.3 is 10.3 Å². The maximum atomic E-state index is 9.62. The first-order valence-corrected chi connectivity index (χ1v) is 4.86. The molecule has 0 radical (unpaired) electrons. The zero-order chi connectivity index (χ0) is 10.4. The maximum absolute atomic E-state index is 9.62. The van der Waals surface area contributed by atoms with E-state index in [2.05, 4.69) is 5.10 Å². The summed E-state index contributed by atoms with van der Waals surface area (Å²) in [6.07, 6.45) is 4.59. The molecule has 2 aliphatic heterocycles. The molecule has 80 valence electrons. The number of nitrogens with zero attached hydrogens (tertiary/aromatic N) is 4. The molecule has 0 amide bonds. The SMILES string of the molecule is OC1N2CC(n3cccn3)=CC(C2)N1O. The topological polar surface area (TPSA) is 64.8 Å². The Balaban J connectivity index is 1.93. The van der Waals surface area contributed by atoms with Crippen molar-refractivity contribution < 1.29 is 10.3 Å². The largest absolute Gasteiger partial charge is 0.363 e. The van der Waals surface area contributed by atoms with Crippen molar-refractivity contribution >= 4 is 5.70 Å². The summed E-state index contributed by atoms with van der Waals surface area (Å²) in [7, 11) is 0.